The van der Waals surface area contributed by atoms with Crippen molar-refractivity contribution in [3.63, 3.8) is 0 Å². The summed E-state index contributed by atoms with van der Waals surface area (Å²) in [6, 6.07) is 0.194. The van der Waals surface area contributed by atoms with Gasteiger partial charge in [0.2, 0.25) is 0 Å². The molecule has 0 aromatic heterocycles. The fraction of sp³-hybridized carbons (Fsp3) is 0.846. The summed E-state index contributed by atoms with van der Waals surface area (Å²) in [6.45, 7) is 6.11. The molecule has 104 valence electrons. The third kappa shape index (κ3) is 4.94. The van der Waals surface area contributed by atoms with E-state index in [0.29, 0.717) is 6.61 Å². The second-order valence-corrected chi connectivity index (χ2v) is 5.07. The predicted octanol–water partition coefficient (Wildman–Crippen LogP) is 1.82. The van der Waals surface area contributed by atoms with Crippen molar-refractivity contribution >= 4 is 12.0 Å². The maximum absolute atomic E-state index is 11.6. The molecule has 0 aliphatic heterocycles. The molecule has 0 aromatic rings. The monoisotopic (exact) mass is 256 g/mol. The summed E-state index contributed by atoms with van der Waals surface area (Å²) in [5.41, 5.74) is 0. The van der Waals surface area contributed by atoms with E-state index in [2.05, 4.69) is 10.6 Å². The Labute approximate surface area is 109 Å². The number of urea groups is 1. The number of esters is 1. The Hall–Kier alpha value is -1.26. The van der Waals surface area contributed by atoms with Gasteiger partial charge in [0, 0.05) is 12.1 Å². The van der Waals surface area contributed by atoms with Crippen molar-refractivity contribution in [2.75, 3.05) is 6.61 Å². The maximum Gasteiger partial charge on any atom is 0.315 e. The van der Waals surface area contributed by atoms with Gasteiger partial charge in [0.1, 0.15) is 0 Å². The number of hydrogen-bond donors (Lipinski definition) is 2. The van der Waals surface area contributed by atoms with E-state index in [9.17, 15) is 9.59 Å². The van der Waals surface area contributed by atoms with Gasteiger partial charge in [-0.3, -0.25) is 4.79 Å². The van der Waals surface area contributed by atoms with Gasteiger partial charge in [-0.2, -0.15) is 0 Å². The first-order chi connectivity index (χ1) is 8.52. The van der Waals surface area contributed by atoms with Crippen molar-refractivity contribution in [1.29, 1.82) is 0 Å². The van der Waals surface area contributed by atoms with E-state index >= 15 is 0 Å². The third-order valence-electron chi connectivity index (χ3n) is 3.10. The van der Waals surface area contributed by atoms with Crippen LogP contribution in [0.15, 0.2) is 0 Å². The molecule has 2 N–H and O–H groups in total. The van der Waals surface area contributed by atoms with Crippen LogP contribution in [-0.4, -0.2) is 30.7 Å². The lowest BCUT2D eigenvalue weighted by molar-refractivity contribution is -0.149. The second kappa shape index (κ2) is 7.24. The molecule has 1 saturated carbocycles. The molecule has 1 aliphatic carbocycles. The minimum absolute atomic E-state index is 0.0103. The number of carbonyl (C=O) groups is 2. The summed E-state index contributed by atoms with van der Waals surface area (Å²) in [6.07, 6.45) is 3.28. The van der Waals surface area contributed by atoms with Crippen LogP contribution in [0.2, 0.25) is 0 Å². The summed E-state index contributed by atoms with van der Waals surface area (Å²) >= 11 is 0. The molecular formula is C13H24N2O3. The molecule has 0 bridgehead atoms. The Balaban J connectivity index is 2.27. The molecular weight excluding hydrogens is 232 g/mol. The van der Waals surface area contributed by atoms with Gasteiger partial charge in [-0.25, -0.2) is 4.79 Å². The highest BCUT2D eigenvalue weighted by Crippen LogP contribution is 2.25. The van der Waals surface area contributed by atoms with Crippen molar-refractivity contribution in [1.82, 2.24) is 10.6 Å². The van der Waals surface area contributed by atoms with E-state index in [4.69, 9.17) is 4.74 Å². The lowest BCUT2D eigenvalue weighted by atomic mass is 9.86. The SMILES string of the molecule is CCOC(=O)C1CCC(NC(=O)NC(C)C)CC1. The van der Waals surface area contributed by atoms with Crippen LogP contribution in [0.4, 0.5) is 4.79 Å². The molecule has 0 unspecified atom stereocenters. The van der Waals surface area contributed by atoms with Gasteiger partial charge >= 0.3 is 12.0 Å². The standard InChI is InChI=1S/C13H24N2O3/c1-4-18-12(16)10-5-7-11(8-6-10)15-13(17)14-9(2)3/h9-11H,4-8H2,1-3H3,(H2,14,15,17). The average molecular weight is 256 g/mol. The molecule has 2 amide bonds. The molecule has 1 fully saturated rings. The number of amides is 2. The van der Waals surface area contributed by atoms with Gasteiger partial charge < -0.3 is 15.4 Å². The molecule has 0 saturated heterocycles. The number of hydrogen-bond acceptors (Lipinski definition) is 3. The molecule has 0 aromatic carbocycles. The summed E-state index contributed by atoms with van der Waals surface area (Å²) in [5.74, 6) is -0.0845. The zero-order valence-corrected chi connectivity index (χ0v) is 11.5. The second-order valence-electron chi connectivity index (χ2n) is 5.07. The minimum atomic E-state index is -0.121. The zero-order chi connectivity index (χ0) is 13.5. The quantitative estimate of drug-likeness (QED) is 0.754. The van der Waals surface area contributed by atoms with E-state index in [0.717, 1.165) is 25.7 Å². The average Bonchev–Trinajstić information content (AvgIpc) is 2.29. The first-order valence-electron chi connectivity index (χ1n) is 6.76. The summed E-state index contributed by atoms with van der Waals surface area (Å²) in [7, 11) is 0. The maximum atomic E-state index is 11.6. The third-order valence-corrected chi connectivity index (χ3v) is 3.10. The molecule has 0 spiro atoms. The molecule has 1 rings (SSSR count). The van der Waals surface area contributed by atoms with E-state index < -0.39 is 0 Å². The first kappa shape index (κ1) is 14.8. The van der Waals surface area contributed by atoms with E-state index in [1.807, 2.05) is 20.8 Å². The highest BCUT2D eigenvalue weighted by molar-refractivity contribution is 5.75. The van der Waals surface area contributed by atoms with E-state index in [1.54, 1.807) is 0 Å². The lowest BCUT2D eigenvalue weighted by Gasteiger charge is -2.28. The van der Waals surface area contributed by atoms with Crippen molar-refractivity contribution in [2.45, 2.75) is 58.5 Å². The number of nitrogens with one attached hydrogen (secondary N) is 2. The summed E-state index contributed by atoms with van der Waals surface area (Å²) < 4.78 is 5.01. The van der Waals surface area contributed by atoms with Gasteiger partial charge in [-0.05, 0) is 46.5 Å². The van der Waals surface area contributed by atoms with Crippen molar-refractivity contribution in [3.05, 3.63) is 0 Å². The Morgan fingerprint density at radius 2 is 1.83 bits per heavy atom. The highest BCUT2D eigenvalue weighted by Gasteiger charge is 2.27. The van der Waals surface area contributed by atoms with Gasteiger partial charge in [-0.15, -0.1) is 0 Å². The molecule has 1 aliphatic rings. The largest absolute Gasteiger partial charge is 0.466 e. The number of rotatable bonds is 4. The van der Waals surface area contributed by atoms with Gasteiger partial charge in [0.15, 0.2) is 0 Å². The summed E-state index contributed by atoms with van der Waals surface area (Å²) in [4.78, 5) is 23.1. The van der Waals surface area contributed by atoms with Crippen LogP contribution in [-0.2, 0) is 9.53 Å². The van der Waals surface area contributed by atoms with Crippen LogP contribution in [0.3, 0.4) is 0 Å². The van der Waals surface area contributed by atoms with Crippen LogP contribution >= 0.6 is 0 Å². The normalized spacial score (nSPS) is 23.6. The topological polar surface area (TPSA) is 67.4 Å². The lowest BCUT2D eigenvalue weighted by Crippen LogP contribution is -2.46. The number of carbonyl (C=O) groups excluding carboxylic acids is 2. The van der Waals surface area contributed by atoms with Gasteiger partial charge in [-0.1, -0.05) is 0 Å². The minimum Gasteiger partial charge on any atom is -0.466 e. The number of ether oxygens (including phenoxy) is 1. The molecule has 5 nitrogen and oxygen atoms in total. The molecule has 0 radical (unpaired) electrons. The van der Waals surface area contributed by atoms with Crippen LogP contribution < -0.4 is 10.6 Å². The van der Waals surface area contributed by atoms with Crippen molar-refractivity contribution in [2.24, 2.45) is 5.92 Å². The fourth-order valence-corrected chi connectivity index (χ4v) is 2.22. The fourth-order valence-electron chi connectivity index (χ4n) is 2.22. The molecule has 0 heterocycles. The van der Waals surface area contributed by atoms with Gasteiger partial charge in [0.05, 0.1) is 12.5 Å². The van der Waals surface area contributed by atoms with Crippen molar-refractivity contribution < 1.29 is 14.3 Å². The first-order valence-corrected chi connectivity index (χ1v) is 6.76. The molecule has 18 heavy (non-hydrogen) atoms. The molecule has 0 atom stereocenters. The zero-order valence-electron chi connectivity index (χ0n) is 11.5. The Bertz CT molecular complexity index is 284. The highest BCUT2D eigenvalue weighted by atomic mass is 16.5. The van der Waals surface area contributed by atoms with E-state index in [1.165, 1.54) is 0 Å². The smallest absolute Gasteiger partial charge is 0.315 e. The van der Waals surface area contributed by atoms with Crippen LogP contribution in [0, 0.1) is 5.92 Å². The van der Waals surface area contributed by atoms with Crippen LogP contribution in [0.5, 0.6) is 0 Å². The van der Waals surface area contributed by atoms with Crippen molar-refractivity contribution in [3.8, 4) is 0 Å². The van der Waals surface area contributed by atoms with E-state index in [-0.39, 0.29) is 30.0 Å². The summed E-state index contributed by atoms with van der Waals surface area (Å²) in [5, 5.41) is 5.74. The molecule has 5 heteroatoms. The van der Waals surface area contributed by atoms with Gasteiger partial charge in [0.25, 0.3) is 0 Å². The Kier molecular flexibility index (Phi) is 5.95. The van der Waals surface area contributed by atoms with Crippen LogP contribution in [0.25, 0.3) is 0 Å². The predicted molar refractivity (Wildman–Crippen MR) is 69.2 cm³/mol. The Morgan fingerprint density at radius 1 is 1.22 bits per heavy atom. The Morgan fingerprint density at radius 3 is 2.33 bits per heavy atom. The van der Waals surface area contributed by atoms with Crippen LogP contribution in [0.1, 0.15) is 46.5 Å².